The quantitative estimate of drug-likeness (QED) is 0.684. The van der Waals surface area contributed by atoms with Crippen LogP contribution in [0.3, 0.4) is 0 Å². The van der Waals surface area contributed by atoms with Crippen molar-refractivity contribution in [2.75, 3.05) is 5.32 Å². The minimum absolute atomic E-state index is 0.0844. The van der Waals surface area contributed by atoms with Gasteiger partial charge in [-0.2, -0.15) is 5.26 Å². The first kappa shape index (κ1) is 14.5. The lowest BCUT2D eigenvalue weighted by Gasteiger charge is -2.08. The fourth-order valence-corrected chi connectivity index (χ4v) is 2.01. The molecule has 2 rings (SSSR count). The molecule has 0 aliphatic carbocycles. The predicted octanol–water partition coefficient (Wildman–Crippen LogP) is 3.85. The summed E-state index contributed by atoms with van der Waals surface area (Å²) in [6.45, 7) is 3.92. The van der Waals surface area contributed by atoms with Crippen molar-refractivity contribution >= 4 is 17.7 Å². The van der Waals surface area contributed by atoms with Gasteiger partial charge < -0.3 is 5.32 Å². The number of rotatable bonds is 3. The van der Waals surface area contributed by atoms with Crippen molar-refractivity contribution < 1.29 is 4.79 Å². The van der Waals surface area contributed by atoms with Crippen LogP contribution in [0.25, 0.3) is 6.08 Å². The lowest BCUT2D eigenvalue weighted by molar-refractivity contribution is -0.112. The monoisotopic (exact) mass is 276 g/mol. The van der Waals surface area contributed by atoms with Crippen molar-refractivity contribution in [3.05, 3.63) is 70.8 Å². The van der Waals surface area contributed by atoms with E-state index in [1.165, 1.54) is 0 Å². The highest BCUT2D eigenvalue weighted by molar-refractivity contribution is 6.09. The molecule has 0 atom stereocenters. The highest BCUT2D eigenvalue weighted by atomic mass is 16.1. The largest absolute Gasteiger partial charge is 0.321 e. The number of nitriles is 1. The second kappa shape index (κ2) is 6.53. The lowest BCUT2D eigenvalue weighted by Crippen LogP contribution is -2.14. The summed E-state index contributed by atoms with van der Waals surface area (Å²) in [6.07, 6.45) is 1.58. The Balaban J connectivity index is 2.22. The first-order valence-corrected chi connectivity index (χ1v) is 6.65. The molecule has 0 saturated carbocycles. The van der Waals surface area contributed by atoms with Gasteiger partial charge in [0.05, 0.1) is 0 Å². The molecule has 3 heteroatoms. The third kappa shape index (κ3) is 3.80. The molecule has 0 aromatic heterocycles. The molecule has 0 heterocycles. The van der Waals surface area contributed by atoms with Gasteiger partial charge in [-0.1, -0.05) is 48.0 Å². The number of hydrogen-bond acceptors (Lipinski definition) is 2. The molecule has 1 N–H and O–H groups in total. The summed E-state index contributed by atoms with van der Waals surface area (Å²) in [5.41, 5.74) is 3.73. The van der Waals surface area contributed by atoms with Crippen LogP contribution in [0.4, 0.5) is 5.69 Å². The zero-order valence-electron chi connectivity index (χ0n) is 12.1. The molecular weight excluding hydrogens is 260 g/mol. The summed E-state index contributed by atoms with van der Waals surface area (Å²) in [5.74, 6) is -0.395. The van der Waals surface area contributed by atoms with Gasteiger partial charge in [0.25, 0.3) is 5.91 Å². The second-order valence-electron chi connectivity index (χ2n) is 4.85. The fraction of sp³-hybridized carbons (Fsp3) is 0.111. The topological polar surface area (TPSA) is 52.9 Å². The number of amides is 1. The van der Waals surface area contributed by atoms with Gasteiger partial charge in [-0.15, -0.1) is 0 Å². The van der Waals surface area contributed by atoms with Crippen LogP contribution in [-0.4, -0.2) is 5.91 Å². The number of nitrogens with zero attached hydrogens (tertiary/aromatic N) is 1. The first-order valence-electron chi connectivity index (χ1n) is 6.65. The number of nitrogens with one attached hydrogen (secondary N) is 1. The molecule has 0 radical (unpaired) electrons. The van der Waals surface area contributed by atoms with E-state index in [0.717, 1.165) is 22.4 Å². The Hall–Kier alpha value is -2.86. The van der Waals surface area contributed by atoms with Crippen LogP contribution in [0, 0.1) is 25.2 Å². The average Bonchev–Trinajstić information content (AvgIpc) is 2.48. The normalized spacial score (nSPS) is 10.8. The molecular formula is C18H16N2O. The molecule has 0 unspecified atom stereocenters. The molecule has 1 amide bonds. The van der Waals surface area contributed by atoms with E-state index in [1.54, 1.807) is 6.08 Å². The molecule has 0 aliphatic rings. The predicted molar refractivity (Wildman–Crippen MR) is 84.6 cm³/mol. The maximum Gasteiger partial charge on any atom is 0.266 e. The Labute approximate surface area is 124 Å². The standard InChI is InChI=1S/C18H16N2O/c1-13-8-9-17(14(2)10-13)20-18(21)16(12-19)11-15-6-4-3-5-7-15/h3-11H,1-2H3,(H,20,21)/b16-11+. The Kier molecular flexibility index (Phi) is 4.53. The SMILES string of the molecule is Cc1ccc(NC(=O)/C(C#N)=C/c2ccccc2)c(C)c1. The molecule has 0 bridgehead atoms. The number of hydrogen-bond donors (Lipinski definition) is 1. The fourth-order valence-electron chi connectivity index (χ4n) is 2.01. The van der Waals surface area contributed by atoms with Crippen molar-refractivity contribution in [2.24, 2.45) is 0 Å². The van der Waals surface area contributed by atoms with E-state index in [9.17, 15) is 10.1 Å². The maximum atomic E-state index is 12.2. The Morgan fingerprint density at radius 1 is 1.14 bits per heavy atom. The third-order valence-electron chi connectivity index (χ3n) is 3.11. The molecule has 21 heavy (non-hydrogen) atoms. The van der Waals surface area contributed by atoms with Crippen LogP contribution in [0.2, 0.25) is 0 Å². The number of anilines is 1. The van der Waals surface area contributed by atoms with Crippen LogP contribution in [0.15, 0.2) is 54.1 Å². The molecule has 0 spiro atoms. The van der Waals surface area contributed by atoms with Gasteiger partial charge in [0.15, 0.2) is 0 Å². The van der Waals surface area contributed by atoms with Gasteiger partial charge in [-0.3, -0.25) is 4.79 Å². The smallest absolute Gasteiger partial charge is 0.266 e. The molecule has 3 nitrogen and oxygen atoms in total. The number of benzene rings is 2. The number of carbonyl (C=O) groups excluding carboxylic acids is 1. The zero-order chi connectivity index (χ0) is 15.2. The summed E-state index contributed by atoms with van der Waals surface area (Å²) in [5, 5.41) is 11.9. The van der Waals surface area contributed by atoms with Gasteiger partial charge in [0.1, 0.15) is 11.6 Å². The molecule has 2 aromatic carbocycles. The minimum Gasteiger partial charge on any atom is -0.321 e. The summed E-state index contributed by atoms with van der Waals surface area (Å²) in [4.78, 5) is 12.2. The van der Waals surface area contributed by atoms with Gasteiger partial charge in [0.2, 0.25) is 0 Å². The maximum absolute atomic E-state index is 12.2. The van der Waals surface area contributed by atoms with E-state index >= 15 is 0 Å². The van der Waals surface area contributed by atoms with E-state index < -0.39 is 5.91 Å². The Morgan fingerprint density at radius 3 is 2.48 bits per heavy atom. The van der Waals surface area contributed by atoms with E-state index in [2.05, 4.69) is 5.32 Å². The van der Waals surface area contributed by atoms with Crippen LogP contribution >= 0.6 is 0 Å². The van der Waals surface area contributed by atoms with Crippen molar-refractivity contribution in [3.63, 3.8) is 0 Å². The molecule has 0 aliphatic heterocycles. The third-order valence-corrected chi connectivity index (χ3v) is 3.11. The van der Waals surface area contributed by atoms with E-state index in [4.69, 9.17) is 0 Å². The molecule has 0 fully saturated rings. The van der Waals surface area contributed by atoms with Crippen molar-refractivity contribution in [3.8, 4) is 6.07 Å². The van der Waals surface area contributed by atoms with Crippen LogP contribution in [0.1, 0.15) is 16.7 Å². The average molecular weight is 276 g/mol. The molecule has 2 aromatic rings. The number of carbonyl (C=O) groups is 1. The van der Waals surface area contributed by atoms with Gasteiger partial charge in [-0.25, -0.2) is 0 Å². The van der Waals surface area contributed by atoms with Crippen LogP contribution < -0.4 is 5.32 Å². The van der Waals surface area contributed by atoms with Crippen molar-refractivity contribution in [1.82, 2.24) is 0 Å². The highest BCUT2D eigenvalue weighted by Gasteiger charge is 2.10. The van der Waals surface area contributed by atoms with E-state index in [1.807, 2.05) is 68.4 Å². The lowest BCUT2D eigenvalue weighted by atomic mass is 10.1. The Morgan fingerprint density at radius 2 is 1.86 bits per heavy atom. The van der Waals surface area contributed by atoms with Crippen molar-refractivity contribution in [1.29, 1.82) is 5.26 Å². The van der Waals surface area contributed by atoms with Gasteiger partial charge in [-0.05, 0) is 37.1 Å². The Bertz CT molecular complexity index is 725. The summed E-state index contributed by atoms with van der Waals surface area (Å²) in [7, 11) is 0. The van der Waals surface area contributed by atoms with Crippen LogP contribution in [-0.2, 0) is 4.79 Å². The summed E-state index contributed by atoms with van der Waals surface area (Å²) in [6, 6.07) is 17.0. The highest BCUT2D eigenvalue weighted by Crippen LogP contribution is 2.17. The van der Waals surface area contributed by atoms with Gasteiger partial charge >= 0.3 is 0 Å². The summed E-state index contributed by atoms with van der Waals surface area (Å²) >= 11 is 0. The zero-order valence-corrected chi connectivity index (χ0v) is 12.1. The molecule has 104 valence electrons. The second-order valence-corrected chi connectivity index (χ2v) is 4.85. The first-order chi connectivity index (χ1) is 10.1. The van der Waals surface area contributed by atoms with E-state index in [-0.39, 0.29) is 5.57 Å². The minimum atomic E-state index is -0.395. The number of aryl methyl sites for hydroxylation is 2. The van der Waals surface area contributed by atoms with Crippen LogP contribution in [0.5, 0.6) is 0 Å². The van der Waals surface area contributed by atoms with Crippen molar-refractivity contribution in [2.45, 2.75) is 13.8 Å². The molecule has 0 saturated heterocycles. The van der Waals surface area contributed by atoms with Gasteiger partial charge in [0, 0.05) is 5.69 Å². The van der Waals surface area contributed by atoms with E-state index in [0.29, 0.717) is 0 Å². The summed E-state index contributed by atoms with van der Waals surface area (Å²) < 4.78 is 0.